The van der Waals surface area contributed by atoms with Gasteiger partial charge in [-0.15, -0.1) is 0 Å². The van der Waals surface area contributed by atoms with E-state index in [9.17, 15) is 5.26 Å². The van der Waals surface area contributed by atoms with Crippen molar-refractivity contribution in [2.75, 3.05) is 0 Å². The molecule has 1 aromatic rings. The van der Waals surface area contributed by atoms with Gasteiger partial charge in [0.2, 0.25) is 0 Å². The number of aryl methyl sites for hydroxylation is 1. The smallest absolute Gasteiger partial charge is 0.132 e. The molecule has 17 heavy (non-hydrogen) atoms. The molecule has 2 aliphatic rings. The number of hydrogen-bond acceptors (Lipinski definition) is 2. The molecule has 1 atom stereocenters. The average Bonchev–Trinajstić information content (AvgIpc) is 3.18. The largest absolute Gasteiger partial charge is 0.293 e. The second-order valence-electron chi connectivity index (χ2n) is 5.30. The first-order chi connectivity index (χ1) is 8.34. The van der Waals surface area contributed by atoms with Crippen molar-refractivity contribution in [1.29, 1.82) is 5.26 Å². The molecule has 1 fully saturated rings. The summed E-state index contributed by atoms with van der Waals surface area (Å²) in [7, 11) is 0. The molecule has 0 spiro atoms. The summed E-state index contributed by atoms with van der Waals surface area (Å²) in [6, 6.07) is 11.6. The summed E-state index contributed by atoms with van der Waals surface area (Å²) in [4.78, 5) is 0. The van der Waals surface area contributed by atoms with E-state index in [-0.39, 0.29) is 0 Å². The molecule has 0 heterocycles. The van der Waals surface area contributed by atoms with Gasteiger partial charge in [-0.05, 0) is 49.7 Å². The van der Waals surface area contributed by atoms with Crippen LogP contribution in [0.5, 0.6) is 0 Å². The maximum Gasteiger partial charge on any atom is 0.132 e. The fourth-order valence-corrected chi connectivity index (χ4v) is 2.87. The molecule has 2 heteroatoms. The van der Waals surface area contributed by atoms with Crippen LogP contribution in [0.2, 0.25) is 0 Å². The minimum Gasteiger partial charge on any atom is -0.293 e. The molecule has 0 bridgehead atoms. The van der Waals surface area contributed by atoms with Gasteiger partial charge in [0.05, 0.1) is 6.07 Å². The molecule has 1 unspecified atom stereocenters. The lowest BCUT2D eigenvalue weighted by atomic mass is 9.85. The van der Waals surface area contributed by atoms with Crippen molar-refractivity contribution in [2.24, 2.45) is 0 Å². The number of nitrogens with one attached hydrogen (secondary N) is 1. The quantitative estimate of drug-likeness (QED) is 0.787. The highest BCUT2D eigenvalue weighted by Crippen LogP contribution is 2.36. The van der Waals surface area contributed by atoms with Crippen LogP contribution >= 0.6 is 0 Å². The predicted octanol–water partition coefficient (Wildman–Crippen LogP) is 2.88. The number of benzene rings is 1. The molecule has 0 radical (unpaired) electrons. The lowest BCUT2D eigenvalue weighted by Crippen LogP contribution is -2.42. The summed E-state index contributed by atoms with van der Waals surface area (Å²) in [5, 5.41) is 13.3. The molecule has 3 rings (SSSR count). The molecule has 1 saturated carbocycles. The van der Waals surface area contributed by atoms with Crippen molar-refractivity contribution in [1.82, 2.24) is 5.32 Å². The molecular weight excluding hydrogens is 208 g/mol. The fraction of sp³-hybridized carbons (Fsp3) is 0.533. The van der Waals surface area contributed by atoms with Crippen LogP contribution in [0.15, 0.2) is 24.3 Å². The maximum absolute atomic E-state index is 9.68. The van der Waals surface area contributed by atoms with Gasteiger partial charge in [0.15, 0.2) is 0 Å². The van der Waals surface area contributed by atoms with Gasteiger partial charge in [-0.3, -0.25) is 5.32 Å². The van der Waals surface area contributed by atoms with Gasteiger partial charge in [0.25, 0.3) is 0 Å². The Morgan fingerprint density at radius 1 is 1.24 bits per heavy atom. The highest BCUT2D eigenvalue weighted by atomic mass is 15.0. The van der Waals surface area contributed by atoms with Gasteiger partial charge in [-0.2, -0.15) is 5.26 Å². The van der Waals surface area contributed by atoms with Crippen LogP contribution in [0.1, 0.15) is 43.2 Å². The second kappa shape index (κ2) is 4.16. The van der Waals surface area contributed by atoms with Crippen LogP contribution in [0.3, 0.4) is 0 Å². The molecule has 2 aliphatic carbocycles. The number of nitriles is 1. The van der Waals surface area contributed by atoms with E-state index in [0.717, 1.165) is 19.3 Å². The van der Waals surface area contributed by atoms with Crippen LogP contribution in [0.25, 0.3) is 0 Å². The van der Waals surface area contributed by atoms with E-state index in [4.69, 9.17) is 0 Å². The Balaban J connectivity index is 2.04. The minimum absolute atomic E-state index is 0.422. The number of hydrogen-bond donors (Lipinski definition) is 1. The zero-order valence-corrected chi connectivity index (χ0v) is 10.1. The first-order valence-electron chi connectivity index (χ1n) is 6.61. The van der Waals surface area contributed by atoms with E-state index in [2.05, 4.69) is 35.7 Å². The molecule has 0 aliphatic heterocycles. The third-order valence-corrected chi connectivity index (χ3v) is 3.94. The summed E-state index contributed by atoms with van der Waals surface area (Å²) in [5.41, 5.74) is 2.17. The van der Waals surface area contributed by atoms with Gasteiger partial charge < -0.3 is 0 Å². The fourth-order valence-electron chi connectivity index (χ4n) is 2.87. The van der Waals surface area contributed by atoms with Crippen LogP contribution in [0.4, 0.5) is 0 Å². The van der Waals surface area contributed by atoms with Gasteiger partial charge in [-0.1, -0.05) is 24.3 Å². The third-order valence-electron chi connectivity index (χ3n) is 3.94. The van der Waals surface area contributed by atoms with Crippen molar-refractivity contribution >= 4 is 0 Å². The molecule has 88 valence electrons. The van der Waals surface area contributed by atoms with Crippen LogP contribution < -0.4 is 5.32 Å². The van der Waals surface area contributed by atoms with Crippen LogP contribution in [0, 0.1) is 11.3 Å². The van der Waals surface area contributed by atoms with E-state index in [1.807, 2.05) is 0 Å². The molecule has 1 aromatic carbocycles. The lowest BCUT2D eigenvalue weighted by Gasteiger charge is -2.28. The molecule has 0 amide bonds. The normalized spacial score (nSPS) is 27.9. The summed E-state index contributed by atoms with van der Waals surface area (Å²) in [6.07, 6.45) is 6.87. The highest BCUT2D eigenvalue weighted by molar-refractivity contribution is 5.40. The monoisotopic (exact) mass is 226 g/mol. The standard InChI is InChI=1S/C15H18N2/c16-11-15(17-13-8-9-13)10-4-3-6-12-5-1-2-7-14(12)15/h1-2,5,7,13,17H,3-4,6,8-10H2. The maximum atomic E-state index is 9.68. The first kappa shape index (κ1) is 10.8. The van der Waals surface area contributed by atoms with Crippen molar-refractivity contribution in [3.8, 4) is 6.07 Å². The SMILES string of the molecule is N#CC1(NC2CC2)CCCCc2ccccc21. The van der Waals surface area contributed by atoms with Gasteiger partial charge >= 0.3 is 0 Å². The second-order valence-corrected chi connectivity index (χ2v) is 5.30. The Labute approximate surface area is 103 Å². The topological polar surface area (TPSA) is 35.8 Å². The van der Waals surface area contributed by atoms with Crippen LogP contribution in [-0.2, 0) is 12.0 Å². The third kappa shape index (κ3) is 1.96. The molecule has 2 nitrogen and oxygen atoms in total. The Kier molecular flexibility index (Phi) is 2.64. The van der Waals surface area contributed by atoms with Gasteiger partial charge in [0.1, 0.15) is 5.54 Å². The summed E-state index contributed by atoms with van der Waals surface area (Å²) < 4.78 is 0. The van der Waals surface area contributed by atoms with E-state index in [1.54, 1.807) is 0 Å². The Morgan fingerprint density at radius 2 is 2.06 bits per heavy atom. The Bertz CT molecular complexity index is 456. The van der Waals surface area contributed by atoms with Gasteiger partial charge in [0, 0.05) is 6.04 Å². The number of rotatable bonds is 2. The Hall–Kier alpha value is -1.33. The Morgan fingerprint density at radius 3 is 2.82 bits per heavy atom. The summed E-state index contributed by atoms with van der Waals surface area (Å²) in [6.45, 7) is 0. The zero-order chi connectivity index (χ0) is 11.7. The molecule has 0 saturated heterocycles. The number of fused-ring (bicyclic) bond motifs is 1. The molecule has 0 aromatic heterocycles. The van der Waals surface area contributed by atoms with Crippen LogP contribution in [-0.4, -0.2) is 6.04 Å². The summed E-state index contributed by atoms with van der Waals surface area (Å²) >= 11 is 0. The van der Waals surface area contributed by atoms with Crippen molar-refractivity contribution in [3.63, 3.8) is 0 Å². The van der Waals surface area contributed by atoms with E-state index >= 15 is 0 Å². The van der Waals surface area contributed by atoms with E-state index in [1.165, 1.54) is 30.4 Å². The predicted molar refractivity (Wildman–Crippen MR) is 67.4 cm³/mol. The minimum atomic E-state index is -0.422. The highest BCUT2D eigenvalue weighted by Gasteiger charge is 2.39. The van der Waals surface area contributed by atoms with Crippen molar-refractivity contribution in [2.45, 2.75) is 50.1 Å². The summed E-state index contributed by atoms with van der Waals surface area (Å²) in [5.74, 6) is 0. The van der Waals surface area contributed by atoms with E-state index in [0.29, 0.717) is 6.04 Å². The molecular formula is C15H18N2. The van der Waals surface area contributed by atoms with Gasteiger partial charge in [-0.25, -0.2) is 0 Å². The number of nitrogens with zero attached hydrogens (tertiary/aromatic N) is 1. The lowest BCUT2D eigenvalue weighted by molar-refractivity contribution is 0.388. The van der Waals surface area contributed by atoms with E-state index < -0.39 is 5.54 Å². The van der Waals surface area contributed by atoms with Crippen molar-refractivity contribution in [3.05, 3.63) is 35.4 Å². The zero-order valence-electron chi connectivity index (χ0n) is 10.1. The molecule has 1 N–H and O–H groups in total. The average molecular weight is 226 g/mol. The van der Waals surface area contributed by atoms with Crippen molar-refractivity contribution < 1.29 is 0 Å². The first-order valence-corrected chi connectivity index (χ1v) is 6.61.